The van der Waals surface area contributed by atoms with E-state index in [4.69, 9.17) is 9.47 Å². The molecule has 0 bridgehead atoms. The van der Waals surface area contributed by atoms with Crippen LogP contribution >= 0.6 is 0 Å². The second-order valence-corrected chi connectivity index (χ2v) is 4.42. The van der Waals surface area contributed by atoms with E-state index in [1.54, 1.807) is 33.3 Å². The van der Waals surface area contributed by atoms with Crippen molar-refractivity contribution < 1.29 is 14.3 Å². The van der Waals surface area contributed by atoms with Gasteiger partial charge in [0.25, 0.3) is 0 Å². The highest BCUT2D eigenvalue weighted by Gasteiger charge is 2.06. The van der Waals surface area contributed by atoms with Gasteiger partial charge >= 0.3 is 0 Å². The van der Waals surface area contributed by atoms with Crippen molar-refractivity contribution in [2.45, 2.75) is 6.92 Å². The number of carbonyl (C=O) groups excluding carboxylic acids is 1. The van der Waals surface area contributed by atoms with Crippen molar-refractivity contribution in [2.24, 2.45) is 0 Å². The van der Waals surface area contributed by atoms with Crippen molar-refractivity contribution in [3.63, 3.8) is 0 Å². The standard InChI is InChI=1S/C18H16O3/c1-13(19)15-10-7-14(8-11-15)9-12-16-17(20-2)5-4-6-18(16)21-3/h4-8,10-11H,1-3H3. The van der Waals surface area contributed by atoms with E-state index in [1.165, 1.54) is 0 Å². The van der Waals surface area contributed by atoms with Crippen molar-refractivity contribution in [2.75, 3.05) is 14.2 Å². The Morgan fingerprint density at radius 2 is 1.48 bits per heavy atom. The molecule has 0 saturated carbocycles. The van der Waals surface area contributed by atoms with E-state index in [2.05, 4.69) is 11.8 Å². The lowest BCUT2D eigenvalue weighted by molar-refractivity contribution is 0.101. The fourth-order valence-electron chi connectivity index (χ4n) is 1.90. The summed E-state index contributed by atoms with van der Waals surface area (Å²) in [5.41, 5.74) is 2.21. The molecule has 0 heterocycles. The molecule has 2 aromatic carbocycles. The van der Waals surface area contributed by atoms with E-state index in [1.807, 2.05) is 30.3 Å². The highest BCUT2D eigenvalue weighted by molar-refractivity contribution is 5.94. The van der Waals surface area contributed by atoms with Crippen LogP contribution in [0.5, 0.6) is 11.5 Å². The summed E-state index contributed by atoms with van der Waals surface area (Å²) < 4.78 is 10.6. The molecule has 0 atom stereocenters. The van der Waals surface area contributed by atoms with Crippen molar-refractivity contribution >= 4 is 5.78 Å². The Morgan fingerprint density at radius 1 is 0.905 bits per heavy atom. The lowest BCUT2D eigenvalue weighted by atomic mass is 10.1. The third kappa shape index (κ3) is 3.43. The van der Waals surface area contributed by atoms with Crippen molar-refractivity contribution in [1.29, 1.82) is 0 Å². The first-order valence-corrected chi connectivity index (χ1v) is 6.49. The second kappa shape index (κ2) is 6.62. The molecular weight excluding hydrogens is 264 g/mol. The van der Waals surface area contributed by atoms with Crippen LogP contribution < -0.4 is 9.47 Å². The van der Waals surface area contributed by atoms with E-state index in [0.29, 0.717) is 22.6 Å². The number of benzene rings is 2. The van der Waals surface area contributed by atoms with E-state index in [9.17, 15) is 4.79 Å². The molecule has 2 rings (SSSR count). The van der Waals surface area contributed by atoms with Gasteiger partial charge in [-0.2, -0.15) is 0 Å². The Bertz CT molecular complexity index is 681. The van der Waals surface area contributed by atoms with Gasteiger partial charge in [0.05, 0.1) is 14.2 Å². The molecule has 3 nitrogen and oxygen atoms in total. The fraction of sp³-hybridized carbons (Fsp3) is 0.167. The minimum absolute atomic E-state index is 0.0425. The smallest absolute Gasteiger partial charge is 0.159 e. The molecule has 0 aliphatic carbocycles. The maximum Gasteiger partial charge on any atom is 0.159 e. The minimum atomic E-state index is 0.0425. The Balaban J connectivity index is 2.36. The fourth-order valence-corrected chi connectivity index (χ4v) is 1.90. The molecule has 0 spiro atoms. The molecule has 0 aromatic heterocycles. The number of hydrogen-bond acceptors (Lipinski definition) is 3. The van der Waals surface area contributed by atoms with Gasteiger partial charge in [0.1, 0.15) is 17.1 Å². The lowest BCUT2D eigenvalue weighted by Gasteiger charge is -2.07. The van der Waals surface area contributed by atoms with Crippen molar-refractivity contribution in [3.8, 4) is 23.3 Å². The molecule has 106 valence electrons. The van der Waals surface area contributed by atoms with Gasteiger partial charge in [-0.25, -0.2) is 0 Å². The third-order valence-corrected chi connectivity index (χ3v) is 3.05. The Labute approximate surface area is 124 Å². The van der Waals surface area contributed by atoms with Crippen molar-refractivity contribution in [3.05, 3.63) is 59.2 Å². The zero-order valence-electron chi connectivity index (χ0n) is 12.3. The molecule has 0 radical (unpaired) electrons. The number of Topliss-reactive ketones (excluding diaryl/α,β-unsaturated/α-hetero) is 1. The maximum absolute atomic E-state index is 11.2. The van der Waals surface area contributed by atoms with Crippen LogP contribution in [0.2, 0.25) is 0 Å². The van der Waals surface area contributed by atoms with Gasteiger partial charge in [-0.3, -0.25) is 4.79 Å². The minimum Gasteiger partial charge on any atom is -0.495 e. The maximum atomic E-state index is 11.2. The van der Waals surface area contributed by atoms with Crippen LogP contribution in [0.1, 0.15) is 28.4 Å². The SMILES string of the molecule is COc1cccc(OC)c1C#Cc1ccc(C(C)=O)cc1. The molecule has 0 saturated heterocycles. The molecule has 0 aliphatic heterocycles. The van der Waals surface area contributed by atoms with Crippen LogP contribution in [-0.4, -0.2) is 20.0 Å². The molecule has 0 aliphatic rings. The predicted octanol–water partition coefficient (Wildman–Crippen LogP) is 3.31. The van der Waals surface area contributed by atoms with E-state index < -0.39 is 0 Å². The number of ketones is 1. The number of methoxy groups -OCH3 is 2. The topological polar surface area (TPSA) is 35.5 Å². The van der Waals surface area contributed by atoms with Gasteiger partial charge in [0.15, 0.2) is 5.78 Å². The first-order chi connectivity index (χ1) is 10.2. The van der Waals surface area contributed by atoms with Crippen LogP contribution in [0.15, 0.2) is 42.5 Å². The monoisotopic (exact) mass is 280 g/mol. The molecule has 3 heteroatoms. The van der Waals surface area contributed by atoms with Crippen LogP contribution in [0, 0.1) is 11.8 Å². The molecule has 21 heavy (non-hydrogen) atoms. The average Bonchev–Trinajstić information content (AvgIpc) is 2.52. The van der Waals surface area contributed by atoms with E-state index in [-0.39, 0.29) is 5.78 Å². The number of carbonyl (C=O) groups is 1. The molecule has 0 N–H and O–H groups in total. The zero-order chi connectivity index (χ0) is 15.2. The van der Waals surface area contributed by atoms with Gasteiger partial charge in [0.2, 0.25) is 0 Å². The molecule has 0 unspecified atom stereocenters. The van der Waals surface area contributed by atoms with E-state index >= 15 is 0 Å². The summed E-state index contributed by atoms with van der Waals surface area (Å²) in [6.45, 7) is 1.54. The molecule has 0 amide bonds. The largest absolute Gasteiger partial charge is 0.495 e. The third-order valence-electron chi connectivity index (χ3n) is 3.05. The summed E-state index contributed by atoms with van der Waals surface area (Å²) >= 11 is 0. The number of ether oxygens (including phenoxy) is 2. The zero-order valence-corrected chi connectivity index (χ0v) is 12.3. The number of rotatable bonds is 3. The first-order valence-electron chi connectivity index (χ1n) is 6.49. The molecular formula is C18H16O3. The van der Waals surface area contributed by atoms with Gasteiger partial charge < -0.3 is 9.47 Å². The van der Waals surface area contributed by atoms with Gasteiger partial charge in [-0.1, -0.05) is 30.0 Å². The molecule has 2 aromatic rings. The summed E-state index contributed by atoms with van der Waals surface area (Å²) in [6, 6.07) is 12.7. The van der Waals surface area contributed by atoms with Gasteiger partial charge in [-0.05, 0) is 31.2 Å². The highest BCUT2D eigenvalue weighted by Crippen LogP contribution is 2.27. The highest BCUT2D eigenvalue weighted by atomic mass is 16.5. The predicted molar refractivity (Wildman–Crippen MR) is 82.0 cm³/mol. The van der Waals surface area contributed by atoms with Crippen LogP contribution in [-0.2, 0) is 0 Å². The Hall–Kier alpha value is -2.73. The Morgan fingerprint density at radius 3 is 1.95 bits per heavy atom. The summed E-state index contributed by atoms with van der Waals surface area (Å²) in [4.78, 5) is 11.2. The number of hydrogen-bond donors (Lipinski definition) is 0. The second-order valence-electron chi connectivity index (χ2n) is 4.42. The summed E-state index contributed by atoms with van der Waals surface area (Å²) in [6.07, 6.45) is 0. The average molecular weight is 280 g/mol. The van der Waals surface area contributed by atoms with E-state index in [0.717, 1.165) is 5.56 Å². The normalized spacial score (nSPS) is 9.48. The summed E-state index contributed by atoms with van der Waals surface area (Å²) in [5, 5.41) is 0. The summed E-state index contributed by atoms with van der Waals surface area (Å²) in [7, 11) is 3.20. The van der Waals surface area contributed by atoms with Crippen molar-refractivity contribution in [1.82, 2.24) is 0 Å². The summed E-state index contributed by atoms with van der Waals surface area (Å²) in [5.74, 6) is 7.50. The molecule has 0 fully saturated rings. The Kier molecular flexibility index (Phi) is 4.63. The van der Waals surface area contributed by atoms with Crippen LogP contribution in [0.3, 0.4) is 0 Å². The quantitative estimate of drug-likeness (QED) is 0.639. The first kappa shape index (κ1) is 14.7. The van der Waals surface area contributed by atoms with Gasteiger partial charge in [0, 0.05) is 11.1 Å². The van der Waals surface area contributed by atoms with Gasteiger partial charge in [-0.15, -0.1) is 0 Å². The van der Waals surface area contributed by atoms with Crippen LogP contribution in [0.4, 0.5) is 0 Å². The van der Waals surface area contributed by atoms with Crippen LogP contribution in [0.25, 0.3) is 0 Å². The lowest BCUT2D eigenvalue weighted by Crippen LogP contribution is -1.93.